The van der Waals surface area contributed by atoms with Crippen LogP contribution in [0, 0.1) is 68.9 Å². The highest BCUT2D eigenvalue weighted by Crippen LogP contribution is 2.54. The van der Waals surface area contributed by atoms with Gasteiger partial charge in [-0.1, -0.05) is 6.92 Å². The van der Waals surface area contributed by atoms with Gasteiger partial charge in [-0.15, -0.1) is 0 Å². The maximum Gasteiger partial charge on any atom is 0.475 e. The molecule has 27 nitrogen and oxygen atoms in total. The Morgan fingerprint density at radius 3 is 1.33 bits per heavy atom. The van der Waals surface area contributed by atoms with Gasteiger partial charge in [-0.3, -0.25) is 75.8 Å². The zero-order valence-corrected chi connectivity index (χ0v) is 53.0. The number of Topliss-reactive ketones (excluding diaryl/α,β-unsaturated/α-hetero) is 2. The van der Waals surface area contributed by atoms with E-state index in [2.05, 4.69) is 19.8 Å². The van der Waals surface area contributed by atoms with E-state index in [9.17, 15) is 57.6 Å². The van der Waals surface area contributed by atoms with Gasteiger partial charge in [0.25, 0.3) is 16.7 Å². The molecular formula is C62H78N7O20P. The summed E-state index contributed by atoms with van der Waals surface area (Å²) in [6.45, 7) is 23.9. The number of aryl methyl sites for hydroxylation is 7. The Morgan fingerprint density at radius 1 is 0.567 bits per heavy atom. The number of hydrogen-bond donors (Lipinski definition) is 4. The first-order valence-corrected chi connectivity index (χ1v) is 31.1. The van der Waals surface area contributed by atoms with E-state index < -0.39 is 122 Å². The molecular weight excluding hydrogens is 1190 g/mol. The van der Waals surface area contributed by atoms with Crippen molar-refractivity contribution in [2.24, 2.45) is 0 Å². The van der Waals surface area contributed by atoms with Crippen LogP contribution in [0.3, 0.4) is 0 Å². The van der Waals surface area contributed by atoms with E-state index in [4.69, 9.17) is 43.8 Å². The van der Waals surface area contributed by atoms with E-state index in [0.717, 1.165) is 37.9 Å². The van der Waals surface area contributed by atoms with Gasteiger partial charge in [-0.2, -0.15) is 0 Å². The number of benzene rings is 2. The van der Waals surface area contributed by atoms with Crippen LogP contribution in [0.2, 0.25) is 0 Å². The summed E-state index contributed by atoms with van der Waals surface area (Å²) in [6, 6.07) is 7.39. The molecule has 4 N–H and O–H groups in total. The van der Waals surface area contributed by atoms with Crippen molar-refractivity contribution in [1.82, 2.24) is 28.7 Å². The molecule has 8 rings (SSSR count). The Hall–Kier alpha value is -7.80. The van der Waals surface area contributed by atoms with Gasteiger partial charge in [0, 0.05) is 91.4 Å². The number of aliphatic hydroxyl groups is 1. The molecule has 0 radical (unpaired) electrons. The second kappa shape index (κ2) is 30.8. The van der Waals surface area contributed by atoms with E-state index in [1.165, 1.54) is 41.6 Å². The van der Waals surface area contributed by atoms with Crippen molar-refractivity contribution < 1.29 is 66.1 Å². The molecule has 90 heavy (non-hydrogen) atoms. The third-order valence-electron chi connectivity index (χ3n) is 16.2. The Balaban J connectivity index is 0.000000296. The van der Waals surface area contributed by atoms with Crippen LogP contribution in [0.1, 0.15) is 161 Å². The van der Waals surface area contributed by atoms with E-state index >= 15 is 0 Å². The number of carbonyl (C=O) groups excluding carboxylic acids is 4. The smallest absolute Gasteiger partial charge is 0.459 e. The average molecular weight is 1270 g/mol. The molecule has 486 valence electrons. The molecule has 0 saturated carbocycles. The number of aromatic amines is 3. The Morgan fingerprint density at radius 2 is 0.944 bits per heavy atom. The molecule has 3 aliphatic rings. The lowest BCUT2D eigenvalue weighted by Crippen LogP contribution is -2.33. The first kappa shape index (κ1) is 69.7. The third-order valence-corrected chi connectivity index (χ3v) is 17.7. The Kier molecular flexibility index (Phi) is 23.8. The largest absolute Gasteiger partial charge is 0.475 e. The summed E-state index contributed by atoms with van der Waals surface area (Å²) in [6.07, 6.45) is -2.70. The van der Waals surface area contributed by atoms with Crippen molar-refractivity contribution in [3.05, 3.63) is 178 Å². The fourth-order valence-electron chi connectivity index (χ4n) is 10.6. The van der Waals surface area contributed by atoms with Crippen molar-refractivity contribution in [3.8, 4) is 0 Å². The van der Waals surface area contributed by atoms with Gasteiger partial charge in [0.15, 0.2) is 11.6 Å². The van der Waals surface area contributed by atoms with E-state index in [1.807, 2.05) is 65.8 Å². The lowest BCUT2D eigenvalue weighted by atomic mass is 9.97. The summed E-state index contributed by atoms with van der Waals surface area (Å²) in [4.78, 5) is 134. The zero-order valence-electron chi connectivity index (χ0n) is 52.1. The highest BCUT2D eigenvalue weighted by molar-refractivity contribution is 7.48. The summed E-state index contributed by atoms with van der Waals surface area (Å²) in [5, 5.41) is 9.62. The topological polar surface area (TPSA) is 348 Å². The minimum atomic E-state index is -4.54. The Bertz CT molecular complexity index is 3900. The molecule has 0 bridgehead atoms. The number of aliphatic hydroxyl groups excluding tert-OH is 1. The number of nitrogens with zero attached hydrogens (tertiary/aromatic N) is 4. The maximum absolute atomic E-state index is 14.2. The van der Waals surface area contributed by atoms with E-state index in [1.54, 1.807) is 13.8 Å². The minimum Gasteiger partial charge on any atom is -0.459 e. The van der Waals surface area contributed by atoms with Gasteiger partial charge >= 0.3 is 36.8 Å². The monoisotopic (exact) mass is 1270 g/mol. The van der Waals surface area contributed by atoms with Crippen molar-refractivity contribution in [3.63, 3.8) is 0 Å². The summed E-state index contributed by atoms with van der Waals surface area (Å²) in [5.41, 5.74) is 4.68. The van der Waals surface area contributed by atoms with Gasteiger partial charge in [-0.05, 0) is 139 Å². The zero-order chi connectivity index (χ0) is 65.9. The van der Waals surface area contributed by atoms with Gasteiger partial charge in [0.1, 0.15) is 49.7 Å². The standard InChI is InChI=1S/C38H48N5O13P.C24H30N2O7/c1-8-28-30(17-33(53-28)43-19-24(5)36(47)41-38(43)49)56-57(50,51-13-12-39-7)52-20-31-29(16-32(54-31)42-18-23(4)35(46)40-37(42)48)55-34(45)11-9-10-27(44)26-14-21(2)25(6)22(3)15-26;1-13-8-17(9-14(2)16(13)4)18(28)6-5-7-22(29)33-19-10-21(32-20(19)12-27)26-11-15(3)23(30)25-24(26)31/h14-15,18-19,28-33H,8-13,16-17,20H2,1-6H3,(H,40,46,48)(H,41,47,49);8-9,11,19-21,27H,5-7,10,12H2,1-4H3,(H,25,30,31). The van der Waals surface area contributed by atoms with E-state index in [0.29, 0.717) is 29.5 Å². The number of nitrogens with one attached hydrogen (secondary N) is 3. The number of esters is 2. The number of ketones is 2. The molecule has 0 spiro atoms. The van der Waals surface area contributed by atoms with Crippen LogP contribution in [0.15, 0.2) is 71.6 Å². The predicted octanol–water partition coefficient (Wildman–Crippen LogP) is 6.04. The van der Waals surface area contributed by atoms with Crippen LogP contribution < -0.4 is 33.7 Å². The molecule has 10 unspecified atom stereocenters. The number of hydrogen-bond acceptors (Lipinski definition) is 20. The summed E-state index contributed by atoms with van der Waals surface area (Å²) in [7, 11) is -4.54. The number of H-pyrrole nitrogens is 3. The molecule has 28 heteroatoms. The molecule has 3 fully saturated rings. The minimum absolute atomic E-state index is 0.0196. The SMILES string of the molecule is Cc1cc(C(=O)CCCC(=O)OC2CC(n3cc(C)c(=O)[nH]c3=O)OC2CO)cc(C)c1C.[C-]#[N+]CCOP(=O)(OCC1OC(n2cc(C)c(=O)[nH]c2=O)CC1OC(=O)CCCC(=O)c1cc(C)c(C)c(C)c1)OC1CC(n2cc(C)c(=O)[nH]c2=O)OC1CC. The quantitative estimate of drug-likeness (QED) is 0.0170. The lowest BCUT2D eigenvalue weighted by Gasteiger charge is -2.25. The normalized spacial score (nSPS) is 21.9. The fraction of sp³-hybridized carbons (Fsp3) is 0.532. The second-order valence-electron chi connectivity index (χ2n) is 22.8. The van der Waals surface area contributed by atoms with Gasteiger partial charge in [0.2, 0.25) is 6.54 Å². The Labute approximate surface area is 517 Å². The number of phosphoric ester groups is 1. The molecule has 0 amide bonds. The first-order chi connectivity index (χ1) is 42.6. The van der Waals surface area contributed by atoms with Crippen LogP contribution >= 0.6 is 7.82 Å². The first-order valence-electron chi connectivity index (χ1n) is 29.7. The highest BCUT2D eigenvalue weighted by Gasteiger charge is 2.46. The van der Waals surface area contributed by atoms with Crippen molar-refractivity contribution in [2.75, 3.05) is 26.4 Å². The van der Waals surface area contributed by atoms with Crippen LogP contribution in [-0.4, -0.2) is 120 Å². The average Bonchev–Trinajstić information content (AvgIpc) is 2.03. The molecule has 3 saturated heterocycles. The molecule has 3 aromatic heterocycles. The third kappa shape index (κ3) is 17.6. The van der Waals surface area contributed by atoms with Crippen LogP contribution in [-0.2, 0) is 51.4 Å². The van der Waals surface area contributed by atoms with E-state index in [-0.39, 0.29) is 87.2 Å². The summed E-state index contributed by atoms with van der Waals surface area (Å²) < 4.78 is 64.2. The lowest BCUT2D eigenvalue weighted by molar-refractivity contribution is -0.154. The van der Waals surface area contributed by atoms with Crippen molar-refractivity contribution in [1.29, 1.82) is 0 Å². The number of aromatic nitrogens is 6. The fourth-order valence-corrected chi connectivity index (χ4v) is 12.0. The maximum atomic E-state index is 14.2. The molecule has 3 aliphatic heterocycles. The number of carbonyl (C=O) groups is 4. The van der Waals surface area contributed by atoms with Crippen molar-refractivity contribution in [2.45, 2.75) is 189 Å². The highest BCUT2D eigenvalue weighted by atomic mass is 31.2. The summed E-state index contributed by atoms with van der Waals surface area (Å²) >= 11 is 0. The predicted molar refractivity (Wildman–Crippen MR) is 324 cm³/mol. The summed E-state index contributed by atoms with van der Waals surface area (Å²) in [5.74, 6) is -1.30. The number of phosphoric acid groups is 1. The van der Waals surface area contributed by atoms with Crippen molar-refractivity contribution >= 4 is 31.3 Å². The van der Waals surface area contributed by atoms with Gasteiger partial charge in [0.05, 0.1) is 25.4 Å². The van der Waals surface area contributed by atoms with Crippen LogP contribution in [0.4, 0.5) is 0 Å². The molecule has 5 aromatic rings. The van der Waals surface area contributed by atoms with Gasteiger partial charge < -0.3 is 33.6 Å². The second-order valence-corrected chi connectivity index (χ2v) is 24.4. The molecule has 0 aliphatic carbocycles. The number of ether oxygens (including phenoxy) is 5. The molecule has 10 atom stereocenters. The van der Waals surface area contributed by atoms with Gasteiger partial charge in [-0.25, -0.2) is 25.5 Å². The number of rotatable bonds is 25. The molecule has 6 heterocycles. The van der Waals surface area contributed by atoms with Crippen LogP contribution in [0.5, 0.6) is 0 Å². The van der Waals surface area contributed by atoms with Crippen LogP contribution in [0.25, 0.3) is 4.85 Å². The molecule has 2 aromatic carbocycles.